The van der Waals surface area contributed by atoms with Crippen LogP contribution in [-0.2, 0) is 4.79 Å². The van der Waals surface area contributed by atoms with Crippen molar-refractivity contribution in [3.8, 4) is 6.07 Å². The van der Waals surface area contributed by atoms with Crippen molar-refractivity contribution in [2.45, 2.75) is 50.4 Å². The van der Waals surface area contributed by atoms with Crippen molar-refractivity contribution in [3.05, 3.63) is 23.9 Å². The molecule has 1 spiro atoms. The summed E-state index contributed by atoms with van der Waals surface area (Å²) in [6, 6.07) is 7.66. The van der Waals surface area contributed by atoms with Crippen molar-refractivity contribution in [1.82, 2.24) is 19.5 Å². The van der Waals surface area contributed by atoms with Crippen LogP contribution in [0.25, 0.3) is 5.65 Å². The fraction of sp³-hybridized carbons (Fsp3) is 0.571. The lowest BCUT2D eigenvalue weighted by atomic mass is 9.65. The zero-order chi connectivity index (χ0) is 21.8. The second-order valence-corrected chi connectivity index (χ2v) is 9.07. The highest BCUT2D eigenvalue weighted by Crippen LogP contribution is 2.49. The maximum atomic E-state index is 13.2. The zero-order valence-corrected chi connectivity index (χ0v) is 16.9. The molecule has 5 rings (SSSR count). The summed E-state index contributed by atoms with van der Waals surface area (Å²) in [4.78, 5) is 18.0. The van der Waals surface area contributed by atoms with Gasteiger partial charge in [-0.1, -0.05) is 6.07 Å². The smallest absolute Gasteiger partial charge is 0.259 e. The number of anilines is 1. The summed E-state index contributed by atoms with van der Waals surface area (Å²) < 4.78 is 28.1. The quantitative estimate of drug-likeness (QED) is 0.575. The number of likely N-dealkylation sites (tertiary alicyclic amines) is 1. The van der Waals surface area contributed by atoms with Crippen molar-refractivity contribution in [2.75, 3.05) is 18.4 Å². The van der Waals surface area contributed by atoms with Crippen molar-refractivity contribution >= 4 is 23.3 Å². The Bertz CT molecular complexity index is 1090. The third-order valence-corrected chi connectivity index (χ3v) is 6.91. The van der Waals surface area contributed by atoms with E-state index in [0.717, 1.165) is 44.5 Å². The summed E-state index contributed by atoms with van der Waals surface area (Å²) in [5.41, 5.74) is 1.80. The lowest BCUT2D eigenvalue weighted by molar-refractivity contribution is -0.144. The molecule has 3 aliphatic rings. The van der Waals surface area contributed by atoms with Crippen LogP contribution >= 0.6 is 0 Å². The number of pyridine rings is 1. The predicted molar refractivity (Wildman–Crippen MR) is 108 cm³/mol. The molecule has 2 aromatic rings. The molecular weight excluding hydrogens is 404 g/mol. The molecule has 2 aromatic heterocycles. The van der Waals surface area contributed by atoms with Gasteiger partial charge in [0.2, 0.25) is 11.9 Å². The summed E-state index contributed by atoms with van der Waals surface area (Å²) >= 11 is 0. The largest absolute Gasteiger partial charge is 0.341 e. The molecule has 2 aliphatic carbocycles. The van der Waals surface area contributed by atoms with Gasteiger partial charge in [-0.3, -0.25) is 10.2 Å². The summed E-state index contributed by atoms with van der Waals surface area (Å²) in [6.07, 6.45) is 3.58. The van der Waals surface area contributed by atoms with Crippen molar-refractivity contribution in [3.63, 3.8) is 0 Å². The average molecular weight is 427 g/mol. The molecule has 1 aliphatic heterocycles. The van der Waals surface area contributed by atoms with Crippen LogP contribution < -0.4 is 5.32 Å². The number of hydrogen-bond acceptors (Lipinski definition) is 5. The Balaban J connectivity index is 1.25. The van der Waals surface area contributed by atoms with Crippen LogP contribution in [0.5, 0.6) is 0 Å². The topological polar surface area (TPSA) is 110 Å². The molecule has 3 heterocycles. The van der Waals surface area contributed by atoms with Gasteiger partial charge in [-0.05, 0) is 37.8 Å². The number of aromatic nitrogens is 3. The molecular formula is C21H23F2N7O. The molecule has 0 bridgehead atoms. The van der Waals surface area contributed by atoms with Gasteiger partial charge in [0.25, 0.3) is 5.92 Å². The molecule has 3 fully saturated rings. The monoisotopic (exact) mass is 427 g/mol. The minimum Gasteiger partial charge on any atom is -0.341 e. The van der Waals surface area contributed by atoms with E-state index in [2.05, 4.69) is 15.4 Å². The normalized spacial score (nSPS) is 23.9. The van der Waals surface area contributed by atoms with E-state index in [0.29, 0.717) is 11.6 Å². The second kappa shape index (κ2) is 6.97. The fourth-order valence-electron chi connectivity index (χ4n) is 4.98. The maximum absolute atomic E-state index is 13.2. The lowest BCUT2D eigenvalue weighted by Gasteiger charge is -2.53. The molecule has 0 aromatic carbocycles. The minimum atomic E-state index is -2.80. The van der Waals surface area contributed by atoms with Crippen LogP contribution in [0.15, 0.2) is 18.2 Å². The van der Waals surface area contributed by atoms with Gasteiger partial charge >= 0.3 is 0 Å². The van der Waals surface area contributed by atoms with Gasteiger partial charge in [-0.2, -0.15) is 10.2 Å². The molecule has 31 heavy (non-hydrogen) atoms. The Morgan fingerprint density at radius 1 is 1.32 bits per heavy atom. The Labute approximate surface area is 177 Å². The third kappa shape index (κ3) is 3.52. The standard InChI is InChI=1S/C21H23F2N7O/c22-21(23)10-14(21)18(25)27-19-26-16-3-1-2-15(30(16)28-19)13-4-7-20(8-5-13)11-29(12-20)17(31)6-9-24/h1-3,13-14H,4-8,10-12H2,(H2,25,27,28)/t14-/m1/s1. The number of carbonyl (C=O) groups excluding carboxylic acids is 1. The van der Waals surface area contributed by atoms with E-state index in [9.17, 15) is 13.6 Å². The number of fused-ring (bicyclic) bond motifs is 1. The van der Waals surface area contributed by atoms with Crippen LogP contribution in [0.1, 0.15) is 50.1 Å². The molecule has 1 atom stereocenters. The summed E-state index contributed by atoms with van der Waals surface area (Å²) in [5, 5.41) is 23.6. The van der Waals surface area contributed by atoms with Crippen molar-refractivity contribution in [1.29, 1.82) is 10.7 Å². The SMILES string of the molecule is N#CCC(=O)N1CC2(CCC(c3cccc4nc(NC(=N)[C@H]5CC5(F)F)nn34)CC2)C1. The molecule has 0 radical (unpaired) electrons. The van der Waals surface area contributed by atoms with Gasteiger partial charge in [0.15, 0.2) is 5.65 Å². The second-order valence-electron chi connectivity index (χ2n) is 9.07. The van der Waals surface area contributed by atoms with Gasteiger partial charge in [0.1, 0.15) is 12.3 Å². The van der Waals surface area contributed by atoms with E-state index in [1.54, 1.807) is 9.42 Å². The number of hydrogen-bond donors (Lipinski definition) is 2. The highest BCUT2D eigenvalue weighted by molar-refractivity contribution is 5.96. The first-order valence-corrected chi connectivity index (χ1v) is 10.5. The molecule has 10 heteroatoms. The van der Waals surface area contributed by atoms with Crippen LogP contribution in [0, 0.1) is 28.1 Å². The Kier molecular flexibility index (Phi) is 4.46. The number of halogens is 2. The van der Waals surface area contributed by atoms with Gasteiger partial charge in [-0.15, -0.1) is 5.10 Å². The molecule has 162 valence electrons. The summed E-state index contributed by atoms with van der Waals surface area (Å²) in [6.45, 7) is 1.46. The van der Waals surface area contributed by atoms with Crippen LogP contribution in [0.3, 0.4) is 0 Å². The van der Waals surface area contributed by atoms with Gasteiger partial charge in [0, 0.05) is 36.5 Å². The van der Waals surface area contributed by atoms with Gasteiger partial charge in [-0.25, -0.2) is 13.3 Å². The number of nitrogens with one attached hydrogen (secondary N) is 2. The highest BCUT2D eigenvalue weighted by Gasteiger charge is 2.59. The van der Waals surface area contributed by atoms with Gasteiger partial charge in [0.05, 0.1) is 12.0 Å². The highest BCUT2D eigenvalue weighted by atomic mass is 19.3. The van der Waals surface area contributed by atoms with E-state index in [1.165, 1.54) is 0 Å². The molecule has 2 N–H and O–H groups in total. The summed E-state index contributed by atoms with van der Waals surface area (Å²) in [5.74, 6) is -3.75. The average Bonchev–Trinajstić information content (AvgIpc) is 3.16. The zero-order valence-electron chi connectivity index (χ0n) is 16.9. The molecule has 1 saturated heterocycles. The van der Waals surface area contributed by atoms with Crippen molar-refractivity contribution < 1.29 is 13.6 Å². The van der Waals surface area contributed by atoms with E-state index < -0.39 is 11.8 Å². The van der Waals surface area contributed by atoms with Crippen LogP contribution in [0.2, 0.25) is 0 Å². The Hall–Kier alpha value is -3.09. The first kappa shape index (κ1) is 19.8. The van der Waals surface area contributed by atoms with Crippen molar-refractivity contribution in [2.24, 2.45) is 11.3 Å². The van der Waals surface area contributed by atoms with E-state index >= 15 is 0 Å². The van der Waals surface area contributed by atoms with E-state index in [-0.39, 0.29) is 35.9 Å². The number of amidine groups is 1. The lowest BCUT2D eigenvalue weighted by Crippen LogP contribution is -2.59. The molecule has 1 amide bonds. The Morgan fingerprint density at radius 3 is 2.68 bits per heavy atom. The number of carbonyl (C=O) groups is 1. The van der Waals surface area contributed by atoms with E-state index in [1.807, 2.05) is 24.3 Å². The predicted octanol–water partition coefficient (Wildman–Crippen LogP) is 3.17. The number of nitrogens with zero attached hydrogens (tertiary/aromatic N) is 5. The van der Waals surface area contributed by atoms with Crippen LogP contribution in [-0.4, -0.2) is 50.3 Å². The summed E-state index contributed by atoms with van der Waals surface area (Å²) in [7, 11) is 0. The number of nitriles is 1. The minimum absolute atomic E-state index is 0.0563. The number of amides is 1. The first-order valence-electron chi connectivity index (χ1n) is 10.5. The molecule has 8 nitrogen and oxygen atoms in total. The molecule has 0 unspecified atom stereocenters. The van der Waals surface area contributed by atoms with Gasteiger partial charge < -0.3 is 10.2 Å². The first-order chi connectivity index (χ1) is 14.8. The maximum Gasteiger partial charge on any atom is 0.259 e. The Morgan fingerprint density at radius 2 is 2.03 bits per heavy atom. The number of alkyl halides is 2. The molecule has 2 saturated carbocycles. The fourth-order valence-corrected chi connectivity index (χ4v) is 4.98. The number of rotatable bonds is 4. The van der Waals surface area contributed by atoms with Crippen LogP contribution in [0.4, 0.5) is 14.7 Å². The third-order valence-electron chi connectivity index (χ3n) is 6.91. The van der Waals surface area contributed by atoms with E-state index in [4.69, 9.17) is 10.7 Å².